The van der Waals surface area contributed by atoms with E-state index in [1.807, 2.05) is 11.3 Å². The zero-order valence-electron chi connectivity index (χ0n) is 8.97. The van der Waals surface area contributed by atoms with Gasteiger partial charge in [0.15, 0.2) is 0 Å². The molecule has 0 bridgehead atoms. The van der Waals surface area contributed by atoms with Crippen molar-refractivity contribution in [2.45, 2.75) is 46.5 Å². The predicted octanol–water partition coefficient (Wildman–Crippen LogP) is 4.29. The molecule has 0 aliphatic heterocycles. The molecule has 0 aliphatic carbocycles. The number of rotatable bonds is 5. The molecule has 1 aromatic heterocycles. The van der Waals surface area contributed by atoms with Gasteiger partial charge >= 0.3 is 0 Å². The topological polar surface area (TPSA) is 0 Å². The van der Waals surface area contributed by atoms with E-state index in [-0.39, 0.29) is 0 Å². The van der Waals surface area contributed by atoms with Gasteiger partial charge in [-0.05, 0) is 37.3 Å². The molecule has 0 atom stereocenters. The molecular formula is C12H20S. The molecule has 0 N–H and O–H groups in total. The lowest BCUT2D eigenvalue weighted by Gasteiger charge is -1.99. The molecule has 0 nitrogen and oxygen atoms in total. The summed E-state index contributed by atoms with van der Waals surface area (Å²) in [6, 6.07) is 4.60. The Hall–Kier alpha value is -0.300. The molecule has 0 amide bonds. The second-order valence-corrected chi connectivity index (χ2v) is 5.32. The number of aryl methyl sites for hydroxylation is 1. The summed E-state index contributed by atoms with van der Waals surface area (Å²) in [6.07, 6.45) is 5.16. The molecular weight excluding hydrogens is 176 g/mol. The van der Waals surface area contributed by atoms with Crippen LogP contribution in [0.4, 0.5) is 0 Å². The first-order valence-corrected chi connectivity index (χ1v) is 6.11. The van der Waals surface area contributed by atoms with Gasteiger partial charge in [-0.3, -0.25) is 0 Å². The van der Waals surface area contributed by atoms with E-state index in [0.717, 1.165) is 5.92 Å². The molecule has 0 saturated heterocycles. The number of hydrogen-bond donors (Lipinski definition) is 0. The fourth-order valence-corrected chi connectivity index (χ4v) is 2.69. The Morgan fingerprint density at radius 3 is 2.54 bits per heavy atom. The van der Waals surface area contributed by atoms with Crippen LogP contribution in [0.25, 0.3) is 0 Å². The Balaban J connectivity index is 2.44. The highest BCUT2D eigenvalue weighted by atomic mass is 32.1. The van der Waals surface area contributed by atoms with Gasteiger partial charge in [0.25, 0.3) is 0 Å². The normalized spacial score (nSPS) is 11.1. The van der Waals surface area contributed by atoms with Crippen molar-refractivity contribution in [2.24, 2.45) is 5.92 Å². The fourth-order valence-electron chi connectivity index (χ4n) is 1.42. The summed E-state index contributed by atoms with van der Waals surface area (Å²) in [6.45, 7) is 6.82. The minimum absolute atomic E-state index is 0.790. The molecule has 0 radical (unpaired) electrons. The maximum Gasteiger partial charge on any atom is 0.00507 e. The molecule has 0 aliphatic rings. The molecule has 1 rings (SSSR count). The minimum Gasteiger partial charge on any atom is -0.145 e. The van der Waals surface area contributed by atoms with Gasteiger partial charge in [-0.2, -0.15) is 0 Å². The summed E-state index contributed by atoms with van der Waals surface area (Å²) in [5.41, 5.74) is 0. The molecule has 0 fully saturated rings. The maximum atomic E-state index is 2.30. The first-order chi connectivity index (χ1) is 6.22. The second kappa shape index (κ2) is 5.43. The molecule has 0 aromatic carbocycles. The van der Waals surface area contributed by atoms with Gasteiger partial charge in [0, 0.05) is 9.75 Å². The van der Waals surface area contributed by atoms with Crippen LogP contribution < -0.4 is 0 Å². The predicted molar refractivity (Wildman–Crippen MR) is 61.5 cm³/mol. The lowest BCUT2D eigenvalue weighted by atomic mass is 10.1. The van der Waals surface area contributed by atoms with Crippen LogP contribution in [0.1, 0.15) is 43.4 Å². The van der Waals surface area contributed by atoms with E-state index in [1.165, 1.54) is 25.7 Å². The highest BCUT2D eigenvalue weighted by molar-refractivity contribution is 7.11. The average Bonchev–Trinajstić information content (AvgIpc) is 2.48. The van der Waals surface area contributed by atoms with Crippen molar-refractivity contribution < 1.29 is 0 Å². The maximum absolute atomic E-state index is 2.30. The number of unbranched alkanes of at least 4 members (excludes halogenated alkanes) is 1. The fraction of sp³-hybridized carbons (Fsp3) is 0.667. The van der Waals surface area contributed by atoms with E-state index in [4.69, 9.17) is 0 Å². The van der Waals surface area contributed by atoms with Crippen molar-refractivity contribution in [3.63, 3.8) is 0 Å². The quantitative estimate of drug-likeness (QED) is 0.659. The molecule has 1 aromatic rings. The number of hydrogen-bond acceptors (Lipinski definition) is 1. The Bertz CT molecular complexity index is 235. The van der Waals surface area contributed by atoms with Gasteiger partial charge in [-0.25, -0.2) is 0 Å². The van der Waals surface area contributed by atoms with Gasteiger partial charge in [0.1, 0.15) is 0 Å². The summed E-state index contributed by atoms with van der Waals surface area (Å²) < 4.78 is 0. The Labute approximate surface area is 86.0 Å². The Morgan fingerprint density at radius 1 is 1.23 bits per heavy atom. The molecule has 1 heterocycles. The van der Waals surface area contributed by atoms with Crippen molar-refractivity contribution >= 4 is 11.3 Å². The highest BCUT2D eigenvalue weighted by Crippen LogP contribution is 2.21. The standard InChI is InChI=1S/C12H20S/c1-4-5-6-11-7-8-12(13-11)9-10(2)3/h7-8,10H,4-6,9H2,1-3H3. The van der Waals surface area contributed by atoms with Crippen molar-refractivity contribution in [1.82, 2.24) is 0 Å². The van der Waals surface area contributed by atoms with Gasteiger partial charge in [0.05, 0.1) is 0 Å². The third-order valence-electron chi connectivity index (χ3n) is 2.10. The number of thiophene rings is 1. The van der Waals surface area contributed by atoms with Crippen LogP contribution in [0.3, 0.4) is 0 Å². The van der Waals surface area contributed by atoms with E-state index in [2.05, 4.69) is 32.9 Å². The van der Waals surface area contributed by atoms with Crippen LogP contribution in [0.15, 0.2) is 12.1 Å². The molecule has 1 heteroatoms. The van der Waals surface area contributed by atoms with Crippen molar-refractivity contribution in [2.75, 3.05) is 0 Å². The summed E-state index contributed by atoms with van der Waals surface area (Å²) in [4.78, 5) is 3.12. The zero-order chi connectivity index (χ0) is 9.68. The second-order valence-electron chi connectivity index (χ2n) is 4.07. The van der Waals surface area contributed by atoms with E-state index in [0.29, 0.717) is 0 Å². The lowest BCUT2D eigenvalue weighted by Crippen LogP contribution is -1.89. The van der Waals surface area contributed by atoms with E-state index >= 15 is 0 Å². The smallest absolute Gasteiger partial charge is 0.00507 e. The summed E-state index contributed by atoms with van der Waals surface area (Å²) in [5.74, 6) is 0.790. The van der Waals surface area contributed by atoms with Gasteiger partial charge in [0.2, 0.25) is 0 Å². The first-order valence-electron chi connectivity index (χ1n) is 5.30. The average molecular weight is 196 g/mol. The minimum atomic E-state index is 0.790. The van der Waals surface area contributed by atoms with Gasteiger partial charge < -0.3 is 0 Å². The monoisotopic (exact) mass is 196 g/mol. The Kier molecular flexibility index (Phi) is 4.51. The van der Waals surface area contributed by atoms with E-state index in [9.17, 15) is 0 Å². The summed E-state index contributed by atoms with van der Waals surface area (Å²) >= 11 is 2.00. The van der Waals surface area contributed by atoms with Crippen LogP contribution in [0, 0.1) is 5.92 Å². The van der Waals surface area contributed by atoms with E-state index in [1.54, 1.807) is 9.75 Å². The molecule has 0 unspecified atom stereocenters. The van der Waals surface area contributed by atoms with Crippen LogP contribution in [0.2, 0.25) is 0 Å². The van der Waals surface area contributed by atoms with E-state index < -0.39 is 0 Å². The third-order valence-corrected chi connectivity index (χ3v) is 3.27. The van der Waals surface area contributed by atoms with Crippen LogP contribution in [-0.4, -0.2) is 0 Å². The largest absolute Gasteiger partial charge is 0.145 e. The third kappa shape index (κ3) is 3.95. The zero-order valence-corrected chi connectivity index (χ0v) is 9.79. The van der Waals surface area contributed by atoms with Crippen molar-refractivity contribution in [1.29, 1.82) is 0 Å². The molecule has 74 valence electrons. The molecule has 13 heavy (non-hydrogen) atoms. The van der Waals surface area contributed by atoms with Gasteiger partial charge in [-0.1, -0.05) is 27.2 Å². The molecule has 0 saturated carbocycles. The SMILES string of the molecule is CCCCc1ccc(CC(C)C)s1. The molecule has 0 spiro atoms. The highest BCUT2D eigenvalue weighted by Gasteiger charge is 2.01. The van der Waals surface area contributed by atoms with Crippen molar-refractivity contribution in [3.8, 4) is 0 Å². The Morgan fingerprint density at radius 2 is 1.92 bits per heavy atom. The van der Waals surface area contributed by atoms with Crippen LogP contribution in [-0.2, 0) is 12.8 Å². The van der Waals surface area contributed by atoms with Crippen LogP contribution in [0.5, 0.6) is 0 Å². The first kappa shape index (κ1) is 10.8. The van der Waals surface area contributed by atoms with Gasteiger partial charge in [-0.15, -0.1) is 11.3 Å². The summed E-state index contributed by atoms with van der Waals surface area (Å²) in [7, 11) is 0. The lowest BCUT2D eigenvalue weighted by molar-refractivity contribution is 0.654. The summed E-state index contributed by atoms with van der Waals surface area (Å²) in [5, 5.41) is 0. The van der Waals surface area contributed by atoms with Crippen molar-refractivity contribution in [3.05, 3.63) is 21.9 Å². The van der Waals surface area contributed by atoms with Crippen LogP contribution >= 0.6 is 11.3 Å².